The lowest BCUT2D eigenvalue weighted by molar-refractivity contribution is 0.0747. The molecule has 21 heavy (non-hydrogen) atoms. The molecule has 1 aliphatic rings. The molecule has 1 saturated heterocycles. The minimum Gasteiger partial charge on any atom is -0.338 e. The Kier molecular flexibility index (Phi) is 4.88. The molecule has 1 aromatic heterocycles. The van der Waals surface area contributed by atoms with Gasteiger partial charge in [-0.1, -0.05) is 24.9 Å². The van der Waals surface area contributed by atoms with Crippen molar-refractivity contribution < 1.29 is 13.2 Å². The van der Waals surface area contributed by atoms with Gasteiger partial charge in [0.25, 0.3) is 5.91 Å². The van der Waals surface area contributed by atoms with E-state index < -0.39 is 9.84 Å². The van der Waals surface area contributed by atoms with Crippen LogP contribution >= 0.6 is 11.6 Å². The molecule has 1 fully saturated rings. The zero-order valence-corrected chi connectivity index (χ0v) is 13.7. The fraction of sp³-hybridized carbons (Fsp3) is 0.571. The molecule has 1 unspecified atom stereocenters. The number of carbonyl (C=O) groups is 1. The molecule has 0 aliphatic carbocycles. The van der Waals surface area contributed by atoms with E-state index in [-0.39, 0.29) is 28.6 Å². The van der Waals surface area contributed by atoms with Crippen LogP contribution in [0.1, 0.15) is 35.8 Å². The Balaban J connectivity index is 2.19. The van der Waals surface area contributed by atoms with Gasteiger partial charge in [-0.3, -0.25) is 4.79 Å². The lowest BCUT2D eigenvalue weighted by atomic mass is 10.1. The summed E-state index contributed by atoms with van der Waals surface area (Å²) in [7, 11) is -1.37. The largest absolute Gasteiger partial charge is 0.338 e. The molecule has 2 rings (SSSR count). The van der Waals surface area contributed by atoms with Gasteiger partial charge in [0.1, 0.15) is 5.15 Å². The summed E-state index contributed by atoms with van der Waals surface area (Å²) in [5.74, 6) is -0.0256. The van der Waals surface area contributed by atoms with Crippen LogP contribution in [0.4, 0.5) is 0 Å². The van der Waals surface area contributed by atoms with Gasteiger partial charge in [-0.2, -0.15) is 0 Å². The summed E-state index contributed by atoms with van der Waals surface area (Å²) in [6, 6.07) is 3.00. The van der Waals surface area contributed by atoms with E-state index in [1.54, 1.807) is 13.1 Å². The van der Waals surface area contributed by atoms with E-state index >= 15 is 0 Å². The van der Waals surface area contributed by atoms with Crippen molar-refractivity contribution in [2.45, 2.75) is 32.2 Å². The van der Waals surface area contributed by atoms with Crippen LogP contribution in [0.3, 0.4) is 0 Å². The van der Waals surface area contributed by atoms with E-state index in [4.69, 9.17) is 11.6 Å². The Morgan fingerprint density at radius 2 is 2.19 bits per heavy atom. The second-order valence-electron chi connectivity index (χ2n) is 5.39. The third-order valence-corrected chi connectivity index (χ3v) is 5.62. The van der Waals surface area contributed by atoms with Crippen molar-refractivity contribution in [1.29, 1.82) is 0 Å². The van der Waals surface area contributed by atoms with Gasteiger partial charge in [0.15, 0.2) is 9.84 Å². The third kappa shape index (κ3) is 3.95. The van der Waals surface area contributed by atoms with Crippen molar-refractivity contribution in [3.05, 3.63) is 28.5 Å². The molecule has 0 aromatic carbocycles. The highest BCUT2D eigenvalue weighted by Gasteiger charge is 2.33. The van der Waals surface area contributed by atoms with Gasteiger partial charge in [-0.25, -0.2) is 13.4 Å². The smallest absolute Gasteiger partial charge is 0.254 e. The zero-order valence-electron chi connectivity index (χ0n) is 12.2. The predicted octanol–water partition coefficient (Wildman–Crippen LogP) is 1.95. The summed E-state index contributed by atoms with van der Waals surface area (Å²) >= 11 is 5.96. The van der Waals surface area contributed by atoms with E-state index in [1.807, 2.05) is 6.92 Å². The zero-order chi connectivity index (χ0) is 15.6. The average molecular weight is 331 g/mol. The van der Waals surface area contributed by atoms with Crippen molar-refractivity contribution in [3.63, 3.8) is 0 Å². The third-order valence-electron chi connectivity index (χ3n) is 3.68. The first-order valence-electron chi connectivity index (χ1n) is 6.96. The highest BCUT2D eigenvalue weighted by Crippen LogP contribution is 2.20. The lowest BCUT2D eigenvalue weighted by Crippen LogP contribution is -2.37. The molecule has 2 heterocycles. The summed E-state index contributed by atoms with van der Waals surface area (Å²) in [6.07, 6.45) is 2.16. The lowest BCUT2D eigenvalue weighted by Gasteiger charge is -2.23. The number of aryl methyl sites for hydroxylation is 1. The number of amides is 1. The van der Waals surface area contributed by atoms with Crippen molar-refractivity contribution in [3.8, 4) is 0 Å². The summed E-state index contributed by atoms with van der Waals surface area (Å²) in [6.45, 7) is 2.03. The van der Waals surface area contributed by atoms with Crippen LogP contribution in [0.25, 0.3) is 0 Å². The first-order valence-corrected chi connectivity index (χ1v) is 9.16. The average Bonchev–Trinajstić information content (AvgIpc) is 2.77. The standard InChI is InChI=1S/C14H19ClN2O3S/c1-3-4-11-7-10(8-13(15)16-11)14(18)17(2)12-5-6-21(19,20)9-12/h7-8,12H,3-6,9H2,1-2H3. The number of sulfone groups is 1. The summed E-state index contributed by atoms with van der Waals surface area (Å²) < 4.78 is 23.1. The van der Waals surface area contributed by atoms with Crippen molar-refractivity contribution in [2.75, 3.05) is 18.6 Å². The maximum Gasteiger partial charge on any atom is 0.254 e. The number of carbonyl (C=O) groups excluding carboxylic acids is 1. The Bertz CT molecular complexity index is 646. The van der Waals surface area contributed by atoms with Gasteiger partial charge < -0.3 is 4.90 Å². The summed E-state index contributed by atoms with van der Waals surface area (Å²) in [5, 5.41) is 0.289. The minimum atomic E-state index is -3.01. The fourth-order valence-corrected chi connectivity index (χ4v) is 4.51. The van der Waals surface area contributed by atoms with Crippen molar-refractivity contribution in [1.82, 2.24) is 9.88 Å². The SMILES string of the molecule is CCCc1cc(C(=O)N(C)C2CCS(=O)(=O)C2)cc(Cl)n1. The molecule has 1 amide bonds. The molecular weight excluding hydrogens is 312 g/mol. The molecule has 0 saturated carbocycles. The Labute approximate surface area is 130 Å². The fourth-order valence-electron chi connectivity index (χ4n) is 2.51. The second-order valence-corrected chi connectivity index (χ2v) is 8.01. The molecule has 1 aromatic rings. The van der Waals surface area contributed by atoms with E-state index in [9.17, 15) is 13.2 Å². The Morgan fingerprint density at radius 1 is 1.48 bits per heavy atom. The molecular formula is C14H19ClN2O3S. The number of hydrogen-bond acceptors (Lipinski definition) is 4. The van der Waals surface area contributed by atoms with Crippen LogP contribution < -0.4 is 0 Å². The Morgan fingerprint density at radius 3 is 2.76 bits per heavy atom. The molecule has 0 N–H and O–H groups in total. The summed E-state index contributed by atoms with van der Waals surface area (Å²) in [4.78, 5) is 18.2. The Hall–Kier alpha value is -1.14. The first kappa shape index (κ1) is 16.2. The number of pyridine rings is 1. The van der Waals surface area contributed by atoms with E-state index in [2.05, 4.69) is 4.98 Å². The van der Waals surface area contributed by atoms with Gasteiger partial charge in [0.05, 0.1) is 11.5 Å². The van der Waals surface area contributed by atoms with Gasteiger partial charge in [0.2, 0.25) is 0 Å². The molecule has 0 bridgehead atoms. The molecule has 0 spiro atoms. The van der Waals surface area contributed by atoms with Crippen LogP contribution in [0.2, 0.25) is 5.15 Å². The van der Waals surface area contributed by atoms with Gasteiger partial charge >= 0.3 is 0 Å². The molecule has 0 radical (unpaired) electrons. The van der Waals surface area contributed by atoms with Crippen LogP contribution in [0.5, 0.6) is 0 Å². The minimum absolute atomic E-state index is 0.0376. The quantitative estimate of drug-likeness (QED) is 0.791. The van der Waals surface area contributed by atoms with Crippen LogP contribution in [0, 0.1) is 0 Å². The maximum atomic E-state index is 12.5. The topological polar surface area (TPSA) is 67.3 Å². The number of halogens is 1. The summed E-state index contributed by atoms with van der Waals surface area (Å²) in [5.41, 5.74) is 1.24. The first-order chi connectivity index (χ1) is 9.82. The monoisotopic (exact) mass is 330 g/mol. The highest BCUT2D eigenvalue weighted by atomic mass is 35.5. The van der Waals surface area contributed by atoms with Gasteiger partial charge in [-0.15, -0.1) is 0 Å². The van der Waals surface area contributed by atoms with Gasteiger partial charge in [0, 0.05) is 24.3 Å². The van der Waals surface area contributed by atoms with Crippen molar-refractivity contribution in [2.24, 2.45) is 0 Å². The molecule has 7 heteroatoms. The van der Waals surface area contributed by atoms with Crippen LogP contribution in [-0.2, 0) is 16.3 Å². The number of rotatable bonds is 4. The second kappa shape index (κ2) is 6.32. The highest BCUT2D eigenvalue weighted by molar-refractivity contribution is 7.91. The van der Waals surface area contributed by atoms with E-state index in [1.165, 1.54) is 11.0 Å². The van der Waals surface area contributed by atoms with Crippen LogP contribution in [-0.4, -0.2) is 48.8 Å². The van der Waals surface area contributed by atoms with E-state index in [0.717, 1.165) is 18.5 Å². The molecule has 1 aliphatic heterocycles. The van der Waals surface area contributed by atoms with E-state index in [0.29, 0.717) is 12.0 Å². The predicted molar refractivity (Wildman–Crippen MR) is 82.4 cm³/mol. The number of hydrogen-bond donors (Lipinski definition) is 0. The van der Waals surface area contributed by atoms with Gasteiger partial charge in [-0.05, 0) is 25.0 Å². The van der Waals surface area contributed by atoms with Crippen molar-refractivity contribution >= 4 is 27.3 Å². The molecule has 5 nitrogen and oxygen atoms in total. The normalized spacial score (nSPS) is 20.4. The number of aromatic nitrogens is 1. The number of nitrogens with zero attached hydrogens (tertiary/aromatic N) is 2. The maximum absolute atomic E-state index is 12.5. The van der Waals surface area contributed by atoms with Crippen LogP contribution in [0.15, 0.2) is 12.1 Å². The molecule has 116 valence electrons. The molecule has 1 atom stereocenters.